The summed E-state index contributed by atoms with van der Waals surface area (Å²) in [4.78, 5) is 35.4. The normalized spacial score (nSPS) is 11.1. The number of benzene rings is 1. The maximum Gasteiger partial charge on any atom is 0.415 e. The van der Waals surface area contributed by atoms with E-state index < -0.39 is 11.7 Å². The summed E-state index contributed by atoms with van der Waals surface area (Å²) < 4.78 is 5.42. The van der Waals surface area contributed by atoms with E-state index in [0.29, 0.717) is 28.7 Å². The first-order chi connectivity index (χ1) is 16.5. The smallest absolute Gasteiger partial charge is 0.415 e. The minimum atomic E-state index is -0.590. The van der Waals surface area contributed by atoms with E-state index in [-0.39, 0.29) is 5.91 Å². The quantitative estimate of drug-likeness (QED) is 0.427. The molecule has 0 aliphatic heterocycles. The number of ether oxygens (including phenoxy) is 1. The van der Waals surface area contributed by atoms with Crippen LogP contribution in [0.5, 0.6) is 0 Å². The third-order valence-electron chi connectivity index (χ3n) is 4.95. The van der Waals surface area contributed by atoms with Crippen LogP contribution in [0.25, 0.3) is 0 Å². The minimum Gasteiger partial charge on any atom is -0.443 e. The van der Waals surface area contributed by atoms with E-state index in [4.69, 9.17) is 4.74 Å². The van der Waals surface area contributed by atoms with Crippen molar-refractivity contribution in [2.24, 2.45) is 0 Å². The van der Waals surface area contributed by atoms with Crippen LogP contribution in [0.1, 0.15) is 53.4 Å². The third-order valence-corrected chi connectivity index (χ3v) is 6.02. The molecule has 0 saturated carbocycles. The zero-order chi connectivity index (χ0) is 25.6. The highest BCUT2D eigenvalue weighted by molar-refractivity contribution is 7.98. The molecule has 0 bridgehead atoms. The van der Waals surface area contributed by atoms with Crippen LogP contribution in [0.2, 0.25) is 0 Å². The van der Waals surface area contributed by atoms with Gasteiger partial charge in [0, 0.05) is 31.7 Å². The molecule has 2 aromatic heterocycles. The lowest BCUT2D eigenvalue weighted by atomic mass is 10.1. The van der Waals surface area contributed by atoms with Gasteiger partial charge in [-0.25, -0.2) is 14.8 Å². The number of carbonyl (C=O) groups excluding carboxylic acids is 2. The molecular weight excluding hydrogens is 460 g/mol. The number of aromatic nitrogens is 2. The van der Waals surface area contributed by atoms with E-state index in [9.17, 15) is 9.59 Å². The second kappa shape index (κ2) is 11.4. The Hall–Kier alpha value is -3.39. The fourth-order valence-corrected chi connectivity index (χ4v) is 4.37. The van der Waals surface area contributed by atoms with Crippen LogP contribution in [0.4, 0.5) is 10.6 Å². The molecule has 0 fully saturated rings. The Morgan fingerprint density at radius 2 is 1.71 bits per heavy atom. The van der Waals surface area contributed by atoms with Crippen LogP contribution in [-0.4, -0.2) is 34.6 Å². The molecule has 0 aliphatic carbocycles. The van der Waals surface area contributed by atoms with Crippen LogP contribution in [0.3, 0.4) is 0 Å². The Balaban J connectivity index is 1.66. The van der Waals surface area contributed by atoms with Crippen LogP contribution < -0.4 is 10.2 Å². The number of nitrogens with zero attached hydrogens (tertiary/aromatic N) is 3. The molecule has 1 aromatic carbocycles. The maximum atomic E-state index is 12.9. The maximum absolute atomic E-state index is 12.9. The number of amides is 2. The number of anilines is 1. The second-order valence-electron chi connectivity index (χ2n) is 9.39. The fraction of sp³-hybridized carbons (Fsp3) is 0.333. The predicted octanol–water partition coefficient (Wildman–Crippen LogP) is 5.69. The zero-order valence-corrected chi connectivity index (χ0v) is 21.9. The average Bonchev–Trinajstić information content (AvgIpc) is 2.79. The molecular formula is C27H32N4O3S. The van der Waals surface area contributed by atoms with Gasteiger partial charge in [0.25, 0.3) is 5.91 Å². The molecule has 184 valence electrons. The van der Waals surface area contributed by atoms with Crippen molar-refractivity contribution < 1.29 is 14.3 Å². The van der Waals surface area contributed by atoms with E-state index in [1.165, 1.54) is 27.8 Å². The summed E-state index contributed by atoms with van der Waals surface area (Å²) >= 11 is 1.46. The Labute approximate surface area is 211 Å². The summed E-state index contributed by atoms with van der Waals surface area (Å²) in [5, 5.41) is 3.65. The molecule has 3 aromatic rings. The van der Waals surface area contributed by atoms with Gasteiger partial charge in [0.2, 0.25) is 0 Å². The van der Waals surface area contributed by atoms with Crippen LogP contribution in [-0.2, 0) is 17.0 Å². The number of thioether (sulfide) groups is 1. The molecule has 7 nitrogen and oxygen atoms in total. The lowest BCUT2D eigenvalue weighted by molar-refractivity contribution is 0.0588. The Morgan fingerprint density at radius 1 is 1.00 bits per heavy atom. The van der Waals surface area contributed by atoms with E-state index in [1.807, 2.05) is 46.8 Å². The minimum absolute atomic E-state index is 0.167. The summed E-state index contributed by atoms with van der Waals surface area (Å²) in [5.41, 5.74) is 4.28. The number of aryl methyl sites for hydroxylation is 2. The van der Waals surface area contributed by atoms with Gasteiger partial charge >= 0.3 is 6.09 Å². The van der Waals surface area contributed by atoms with Crippen molar-refractivity contribution in [2.45, 2.75) is 57.5 Å². The first-order valence-corrected chi connectivity index (χ1v) is 12.4. The second-order valence-corrected chi connectivity index (χ2v) is 10.3. The van der Waals surface area contributed by atoms with E-state index in [2.05, 4.69) is 33.5 Å². The van der Waals surface area contributed by atoms with Crippen molar-refractivity contribution in [3.63, 3.8) is 0 Å². The highest BCUT2D eigenvalue weighted by atomic mass is 32.2. The number of rotatable bonds is 7. The number of nitrogens with one attached hydrogen (secondary N) is 1. The van der Waals surface area contributed by atoms with Gasteiger partial charge in [0.1, 0.15) is 16.4 Å². The molecule has 35 heavy (non-hydrogen) atoms. The predicted molar refractivity (Wildman–Crippen MR) is 140 cm³/mol. The van der Waals surface area contributed by atoms with Crippen molar-refractivity contribution in [1.29, 1.82) is 0 Å². The van der Waals surface area contributed by atoms with Crippen molar-refractivity contribution in [1.82, 2.24) is 15.3 Å². The number of carbonyl (C=O) groups is 2. The number of hydrogen-bond donors (Lipinski definition) is 1. The van der Waals surface area contributed by atoms with Gasteiger partial charge in [-0.05, 0) is 70.0 Å². The molecule has 0 saturated heterocycles. The van der Waals surface area contributed by atoms with Gasteiger partial charge in [-0.3, -0.25) is 9.69 Å². The molecule has 0 radical (unpaired) electrons. The Kier molecular flexibility index (Phi) is 8.51. The fourth-order valence-electron chi connectivity index (χ4n) is 3.44. The number of pyridine rings is 2. The summed E-state index contributed by atoms with van der Waals surface area (Å²) in [5.74, 6) is 0.885. The third kappa shape index (κ3) is 7.82. The monoisotopic (exact) mass is 492 g/mol. The van der Waals surface area contributed by atoms with Crippen molar-refractivity contribution in [2.75, 3.05) is 11.9 Å². The highest BCUT2D eigenvalue weighted by Gasteiger charge is 2.21. The van der Waals surface area contributed by atoms with Gasteiger partial charge < -0.3 is 10.1 Å². The van der Waals surface area contributed by atoms with E-state index in [0.717, 1.165) is 11.1 Å². The van der Waals surface area contributed by atoms with Gasteiger partial charge in [-0.1, -0.05) is 29.3 Å². The van der Waals surface area contributed by atoms with Crippen molar-refractivity contribution in [3.05, 3.63) is 82.7 Å². The standard InChI is InChI=1S/C27H32N4O3S/c1-18-12-19(2)14-21(13-18)16-30-24(32)22-8-7-10-29-25(22)35-17-20-9-11-28-23(15-20)31(6)26(33)34-27(3,4)5/h7-15H,16-17H2,1-6H3,(H,30,32). The molecule has 0 spiro atoms. The van der Waals surface area contributed by atoms with Gasteiger partial charge in [-0.2, -0.15) is 0 Å². The van der Waals surface area contributed by atoms with Gasteiger partial charge in [0.15, 0.2) is 0 Å². The molecule has 2 heterocycles. The van der Waals surface area contributed by atoms with E-state index >= 15 is 0 Å². The first kappa shape index (κ1) is 26.2. The van der Waals surface area contributed by atoms with Crippen molar-refractivity contribution in [3.8, 4) is 0 Å². The largest absolute Gasteiger partial charge is 0.443 e. The topological polar surface area (TPSA) is 84.4 Å². The van der Waals surface area contributed by atoms with Crippen molar-refractivity contribution >= 4 is 29.6 Å². The SMILES string of the molecule is Cc1cc(C)cc(CNC(=O)c2cccnc2SCc2ccnc(N(C)C(=O)OC(C)(C)C)c2)c1. The lowest BCUT2D eigenvalue weighted by Crippen LogP contribution is -2.34. The average molecular weight is 493 g/mol. The molecule has 2 amide bonds. The number of hydrogen-bond acceptors (Lipinski definition) is 6. The zero-order valence-electron chi connectivity index (χ0n) is 21.1. The van der Waals surface area contributed by atoms with Crippen LogP contribution in [0, 0.1) is 13.8 Å². The Bertz CT molecular complexity index is 1190. The summed E-state index contributed by atoms with van der Waals surface area (Å²) in [6.07, 6.45) is 2.86. The van der Waals surface area contributed by atoms with Crippen LogP contribution >= 0.6 is 11.8 Å². The molecule has 0 atom stereocenters. The summed E-state index contributed by atoms with van der Waals surface area (Å²) in [6.45, 7) is 10.0. The van der Waals surface area contributed by atoms with E-state index in [1.54, 1.807) is 31.6 Å². The Morgan fingerprint density at radius 3 is 2.40 bits per heavy atom. The lowest BCUT2D eigenvalue weighted by Gasteiger charge is -2.24. The molecule has 0 aliphatic rings. The molecule has 1 N–H and O–H groups in total. The molecule has 8 heteroatoms. The summed E-state index contributed by atoms with van der Waals surface area (Å²) in [7, 11) is 1.63. The van der Waals surface area contributed by atoms with Gasteiger partial charge in [-0.15, -0.1) is 11.8 Å². The van der Waals surface area contributed by atoms with Gasteiger partial charge in [0.05, 0.1) is 5.56 Å². The molecule has 3 rings (SSSR count). The first-order valence-electron chi connectivity index (χ1n) is 11.4. The van der Waals surface area contributed by atoms with Crippen LogP contribution in [0.15, 0.2) is 59.9 Å². The molecule has 0 unspecified atom stereocenters. The summed E-state index contributed by atoms with van der Waals surface area (Å²) in [6, 6.07) is 13.5. The highest BCUT2D eigenvalue weighted by Crippen LogP contribution is 2.26.